The Hall–Kier alpha value is -3.12. The monoisotopic (exact) mass is 489 g/mol. The molecule has 1 saturated carbocycles. The summed E-state index contributed by atoms with van der Waals surface area (Å²) in [7, 11) is 0. The first-order valence-corrected chi connectivity index (χ1v) is 12.0. The van der Waals surface area contributed by atoms with Crippen LogP contribution in [-0.4, -0.2) is 68.3 Å². The average molecular weight is 490 g/mol. The molecule has 1 saturated heterocycles. The fraction of sp³-hybridized carbons (Fsp3) is 0.565. The molecule has 0 atom stereocenters. The van der Waals surface area contributed by atoms with Crippen molar-refractivity contribution < 1.29 is 23.4 Å². The predicted molar refractivity (Wildman–Crippen MR) is 124 cm³/mol. The molecule has 0 bridgehead atoms. The summed E-state index contributed by atoms with van der Waals surface area (Å²) in [6, 6.07) is 1.79. The van der Waals surface area contributed by atoms with E-state index in [1.165, 1.54) is 21.6 Å². The van der Waals surface area contributed by atoms with E-state index in [1.807, 2.05) is 6.07 Å². The second-order valence-corrected chi connectivity index (χ2v) is 9.09. The van der Waals surface area contributed by atoms with E-state index in [0.29, 0.717) is 31.2 Å². The number of hydrogen-bond acceptors (Lipinski definition) is 7. The maximum atomic E-state index is 13.8. The molecule has 3 aromatic heterocycles. The van der Waals surface area contributed by atoms with E-state index in [2.05, 4.69) is 25.4 Å². The molecule has 2 aliphatic rings. The Morgan fingerprint density at radius 3 is 2.83 bits per heavy atom. The molecule has 4 heterocycles. The number of hydrogen-bond donors (Lipinski definition) is 2. The van der Waals surface area contributed by atoms with Gasteiger partial charge in [0.25, 0.3) is 12.3 Å². The number of nitrogens with zero attached hydrogens (tertiary/aromatic N) is 6. The van der Waals surface area contributed by atoms with Crippen molar-refractivity contribution >= 4 is 23.1 Å². The summed E-state index contributed by atoms with van der Waals surface area (Å²) in [5.41, 5.74) is 0.0552. The lowest BCUT2D eigenvalue weighted by Gasteiger charge is -2.27. The van der Waals surface area contributed by atoms with Crippen molar-refractivity contribution in [3.05, 3.63) is 35.9 Å². The van der Waals surface area contributed by atoms with Gasteiger partial charge in [0.1, 0.15) is 11.4 Å². The number of amides is 1. The van der Waals surface area contributed by atoms with E-state index < -0.39 is 18.0 Å². The van der Waals surface area contributed by atoms with Crippen LogP contribution in [0.1, 0.15) is 60.6 Å². The lowest BCUT2D eigenvalue weighted by molar-refractivity contribution is 0.102. The summed E-state index contributed by atoms with van der Waals surface area (Å²) >= 11 is 0. The molecular weight excluding hydrogens is 460 g/mol. The number of carbonyl (C=O) groups excluding carboxylic acids is 1. The van der Waals surface area contributed by atoms with Crippen molar-refractivity contribution in [3.63, 3.8) is 0 Å². The fourth-order valence-electron chi connectivity index (χ4n) is 4.80. The Kier molecular flexibility index (Phi) is 6.91. The van der Waals surface area contributed by atoms with Gasteiger partial charge >= 0.3 is 0 Å². The van der Waals surface area contributed by atoms with E-state index in [0.717, 1.165) is 38.6 Å². The Balaban J connectivity index is 1.37. The molecular formula is C23H29F2N7O3. The minimum atomic E-state index is -2.83. The van der Waals surface area contributed by atoms with Gasteiger partial charge in [-0.15, -0.1) is 0 Å². The first-order valence-electron chi connectivity index (χ1n) is 12.0. The van der Waals surface area contributed by atoms with Crippen LogP contribution in [0.3, 0.4) is 0 Å². The Labute approximate surface area is 200 Å². The number of aromatic nitrogens is 5. The normalized spacial score (nSPS) is 21.4. The SMILES string of the molecule is O=C(Nc1cn([C@H]2CC[C@H](CO)CC2)nc1C(F)F)c1cnn2ccc(N3CCCOCC3)nc12. The third-order valence-corrected chi connectivity index (χ3v) is 6.81. The topological polar surface area (TPSA) is 110 Å². The van der Waals surface area contributed by atoms with Gasteiger partial charge in [-0.25, -0.2) is 18.3 Å². The number of anilines is 2. The van der Waals surface area contributed by atoms with Crippen LogP contribution in [0.2, 0.25) is 0 Å². The number of halogens is 2. The van der Waals surface area contributed by atoms with Gasteiger partial charge in [0.2, 0.25) is 0 Å². The third-order valence-electron chi connectivity index (χ3n) is 6.81. The van der Waals surface area contributed by atoms with Crippen molar-refractivity contribution in [2.75, 3.05) is 43.1 Å². The highest BCUT2D eigenvalue weighted by atomic mass is 19.3. The first kappa shape index (κ1) is 23.6. The van der Waals surface area contributed by atoms with Gasteiger partial charge in [0, 0.05) is 38.7 Å². The van der Waals surface area contributed by atoms with Gasteiger partial charge in [0.05, 0.1) is 24.5 Å². The van der Waals surface area contributed by atoms with Crippen LogP contribution < -0.4 is 10.2 Å². The molecule has 0 spiro atoms. The molecule has 2 fully saturated rings. The third kappa shape index (κ3) is 4.98. The quantitative estimate of drug-likeness (QED) is 0.548. The molecule has 1 aliphatic carbocycles. The van der Waals surface area contributed by atoms with Crippen molar-refractivity contribution in [2.24, 2.45) is 5.92 Å². The number of nitrogens with one attached hydrogen (secondary N) is 1. The Morgan fingerprint density at radius 1 is 1.23 bits per heavy atom. The summed E-state index contributed by atoms with van der Waals surface area (Å²) in [6.07, 6.45) is 5.74. The van der Waals surface area contributed by atoms with Crippen LogP contribution in [0.5, 0.6) is 0 Å². The number of alkyl halides is 2. The molecule has 1 aliphatic heterocycles. The van der Waals surface area contributed by atoms with E-state index in [9.17, 15) is 18.7 Å². The number of fused-ring (bicyclic) bond motifs is 1. The molecule has 0 unspecified atom stereocenters. The van der Waals surface area contributed by atoms with Crippen LogP contribution in [0, 0.1) is 5.92 Å². The molecule has 0 aromatic carbocycles. The molecule has 1 amide bonds. The lowest BCUT2D eigenvalue weighted by Crippen LogP contribution is -2.27. The van der Waals surface area contributed by atoms with Crippen LogP contribution in [0.25, 0.3) is 5.65 Å². The number of aliphatic hydroxyl groups excluding tert-OH is 1. The summed E-state index contributed by atoms with van der Waals surface area (Å²) in [4.78, 5) is 19.9. The second-order valence-electron chi connectivity index (χ2n) is 9.09. The van der Waals surface area contributed by atoms with E-state index in [1.54, 1.807) is 6.20 Å². The summed E-state index contributed by atoms with van der Waals surface area (Å²) in [5.74, 6) is 0.372. The number of ether oxygens (including phenoxy) is 1. The number of rotatable bonds is 6. The van der Waals surface area contributed by atoms with Crippen molar-refractivity contribution in [1.82, 2.24) is 24.4 Å². The average Bonchev–Trinajstić information content (AvgIpc) is 3.39. The smallest absolute Gasteiger partial charge is 0.284 e. The first-order chi connectivity index (χ1) is 17.0. The predicted octanol–water partition coefficient (Wildman–Crippen LogP) is 3.07. The Morgan fingerprint density at radius 2 is 2.06 bits per heavy atom. The summed E-state index contributed by atoms with van der Waals surface area (Å²) in [6.45, 7) is 2.91. The zero-order valence-corrected chi connectivity index (χ0v) is 19.3. The molecule has 12 heteroatoms. The highest BCUT2D eigenvalue weighted by molar-refractivity contribution is 6.08. The van der Waals surface area contributed by atoms with Crippen LogP contribution in [-0.2, 0) is 4.74 Å². The van der Waals surface area contributed by atoms with Crippen LogP contribution in [0.4, 0.5) is 20.3 Å². The van der Waals surface area contributed by atoms with Crippen molar-refractivity contribution in [3.8, 4) is 0 Å². The van der Waals surface area contributed by atoms with Gasteiger partial charge < -0.3 is 20.1 Å². The molecule has 3 aromatic rings. The minimum absolute atomic E-state index is 0.0190. The zero-order valence-electron chi connectivity index (χ0n) is 19.3. The molecule has 188 valence electrons. The van der Waals surface area contributed by atoms with E-state index in [-0.39, 0.29) is 29.8 Å². The maximum absolute atomic E-state index is 13.8. The molecule has 5 rings (SSSR count). The van der Waals surface area contributed by atoms with Gasteiger partial charge in [-0.1, -0.05) is 0 Å². The lowest BCUT2D eigenvalue weighted by atomic mass is 9.87. The maximum Gasteiger partial charge on any atom is 0.284 e. The summed E-state index contributed by atoms with van der Waals surface area (Å²) < 4.78 is 36.0. The molecule has 35 heavy (non-hydrogen) atoms. The van der Waals surface area contributed by atoms with Crippen LogP contribution in [0.15, 0.2) is 24.7 Å². The highest BCUT2D eigenvalue weighted by Crippen LogP contribution is 2.34. The van der Waals surface area contributed by atoms with Crippen LogP contribution >= 0.6 is 0 Å². The van der Waals surface area contributed by atoms with Gasteiger partial charge in [-0.3, -0.25) is 9.48 Å². The summed E-state index contributed by atoms with van der Waals surface area (Å²) in [5, 5.41) is 20.3. The largest absolute Gasteiger partial charge is 0.396 e. The number of aliphatic hydroxyl groups is 1. The van der Waals surface area contributed by atoms with Gasteiger partial charge in [-0.2, -0.15) is 10.2 Å². The van der Waals surface area contributed by atoms with E-state index in [4.69, 9.17) is 4.74 Å². The molecule has 2 N–H and O–H groups in total. The van der Waals surface area contributed by atoms with Gasteiger partial charge in [-0.05, 0) is 44.1 Å². The fourth-order valence-corrected chi connectivity index (χ4v) is 4.80. The highest BCUT2D eigenvalue weighted by Gasteiger charge is 2.27. The van der Waals surface area contributed by atoms with Crippen molar-refractivity contribution in [2.45, 2.75) is 44.6 Å². The minimum Gasteiger partial charge on any atom is -0.396 e. The zero-order chi connectivity index (χ0) is 24.4. The Bertz CT molecular complexity index is 1170. The number of carbonyl (C=O) groups is 1. The second kappa shape index (κ2) is 10.2. The van der Waals surface area contributed by atoms with E-state index >= 15 is 0 Å². The molecule has 10 nitrogen and oxygen atoms in total. The van der Waals surface area contributed by atoms with Gasteiger partial charge in [0.15, 0.2) is 11.3 Å². The standard InChI is InChI=1S/C23H29F2N7O3/c24-21(25)20-18(13-32(29-20)16-4-2-15(14-33)3-5-16)27-23(34)17-12-26-31-8-6-19(28-22(17)31)30-7-1-10-35-11-9-30/h6,8,12-13,15-16,21,33H,1-5,7,9-11,14H2,(H,27,34)/t15-,16-. The molecule has 0 radical (unpaired) electrons. The van der Waals surface area contributed by atoms with Crippen molar-refractivity contribution in [1.29, 1.82) is 0 Å².